The maximum Gasteiger partial charge on any atom is 0.238 e. The van der Waals surface area contributed by atoms with Crippen LogP contribution in [0.3, 0.4) is 0 Å². The number of nitrogens with one attached hydrogen (secondary N) is 1. The van der Waals surface area contributed by atoms with Crippen molar-refractivity contribution >= 4 is 11.6 Å². The summed E-state index contributed by atoms with van der Waals surface area (Å²) in [6, 6.07) is 15.3. The third kappa shape index (κ3) is 5.81. The van der Waals surface area contributed by atoms with E-state index in [0.29, 0.717) is 19.0 Å². The number of ether oxygens (including phenoxy) is 1. The second-order valence-corrected chi connectivity index (χ2v) is 7.76. The molecule has 1 aliphatic heterocycles. The molecule has 3 rings (SSSR count). The average molecular weight is 383 g/mol. The minimum Gasteiger partial charge on any atom is -0.508 e. The summed E-state index contributed by atoms with van der Waals surface area (Å²) in [6.45, 7) is 6.51. The number of amides is 1. The Morgan fingerprint density at radius 2 is 1.96 bits per heavy atom. The molecule has 28 heavy (non-hydrogen) atoms. The number of hydrogen-bond donors (Lipinski definition) is 2. The Bertz CT molecular complexity index is 768. The largest absolute Gasteiger partial charge is 0.508 e. The molecule has 2 aromatic carbocycles. The van der Waals surface area contributed by atoms with Gasteiger partial charge in [-0.15, -0.1) is 0 Å². The summed E-state index contributed by atoms with van der Waals surface area (Å²) in [5.74, 6) is 0.653. The fourth-order valence-corrected chi connectivity index (χ4v) is 3.50. The lowest BCUT2D eigenvalue weighted by molar-refractivity contribution is -0.117. The van der Waals surface area contributed by atoms with Gasteiger partial charge < -0.3 is 15.2 Å². The molecule has 1 aliphatic rings. The predicted molar refractivity (Wildman–Crippen MR) is 112 cm³/mol. The summed E-state index contributed by atoms with van der Waals surface area (Å²) in [5, 5.41) is 13.1. The van der Waals surface area contributed by atoms with Gasteiger partial charge in [-0.1, -0.05) is 44.2 Å². The van der Waals surface area contributed by atoms with Gasteiger partial charge in [-0.2, -0.15) is 0 Å². The van der Waals surface area contributed by atoms with E-state index in [4.69, 9.17) is 4.74 Å². The van der Waals surface area contributed by atoms with Crippen LogP contribution in [-0.2, 0) is 16.1 Å². The maximum atomic E-state index is 12.6. The van der Waals surface area contributed by atoms with Gasteiger partial charge in [-0.25, -0.2) is 0 Å². The molecular formula is C23H30N2O3. The Balaban J connectivity index is 1.63. The highest BCUT2D eigenvalue weighted by atomic mass is 16.5. The Kier molecular flexibility index (Phi) is 7.06. The van der Waals surface area contributed by atoms with Crippen LogP contribution in [0.1, 0.15) is 43.7 Å². The lowest BCUT2D eigenvalue weighted by atomic mass is 10.0. The molecule has 2 N–H and O–H groups in total. The summed E-state index contributed by atoms with van der Waals surface area (Å²) in [4.78, 5) is 14.7. The molecule has 0 aromatic heterocycles. The lowest BCUT2D eigenvalue weighted by Gasteiger charge is -2.25. The van der Waals surface area contributed by atoms with Gasteiger partial charge in [0.05, 0.1) is 12.6 Å². The van der Waals surface area contributed by atoms with E-state index in [1.165, 1.54) is 5.56 Å². The first-order chi connectivity index (χ1) is 13.5. The van der Waals surface area contributed by atoms with Crippen molar-refractivity contribution in [3.8, 4) is 5.75 Å². The monoisotopic (exact) mass is 382 g/mol. The number of aromatic hydroxyl groups is 1. The van der Waals surface area contributed by atoms with Gasteiger partial charge in [0.1, 0.15) is 5.75 Å². The third-order valence-electron chi connectivity index (χ3n) is 5.10. The second kappa shape index (κ2) is 9.71. The van der Waals surface area contributed by atoms with Crippen LogP contribution in [0.5, 0.6) is 5.75 Å². The van der Waals surface area contributed by atoms with E-state index in [1.807, 2.05) is 41.3 Å². The van der Waals surface area contributed by atoms with Crippen molar-refractivity contribution < 1.29 is 14.6 Å². The van der Waals surface area contributed by atoms with Gasteiger partial charge in [-0.05, 0) is 42.5 Å². The molecule has 0 saturated carbocycles. The molecule has 1 heterocycles. The zero-order valence-electron chi connectivity index (χ0n) is 16.7. The third-order valence-corrected chi connectivity index (χ3v) is 5.10. The first-order valence-corrected chi connectivity index (χ1v) is 10.0. The van der Waals surface area contributed by atoms with Crippen molar-refractivity contribution in [2.45, 2.75) is 45.3 Å². The molecule has 1 fully saturated rings. The van der Waals surface area contributed by atoms with Crippen LogP contribution in [0.4, 0.5) is 5.69 Å². The number of carbonyl (C=O) groups is 1. The van der Waals surface area contributed by atoms with Crippen LogP contribution < -0.4 is 5.32 Å². The zero-order chi connectivity index (χ0) is 19.9. The van der Waals surface area contributed by atoms with E-state index >= 15 is 0 Å². The van der Waals surface area contributed by atoms with Gasteiger partial charge in [0.25, 0.3) is 0 Å². The highest BCUT2D eigenvalue weighted by molar-refractivity contribution is 5.92. The first kappa shape index (κ1) is 20.4. The zero-order valence-corrected chi connectivity index (χ0v) is 16.7. The molecule has 1 unspecified atom stereocenters. The highest BCUT2D eigenvalue weighted by Gasteiger charge is 2.21. The number of anilines is 1. The van der Waals surface area contributed by atoms with Crippen molar-refractivity contribution in [2.24, 2.45) is 0 Å². The Morgan fingerprint density at radius 1 is 1.21 bits per heavy atom. The topological polar surface area (TPSA) is 61.8 Å². The van der Waals surface area contributed by atoms with Crippen LogP contribution in [0.25, 0.3) is 0 Å². The number of rotatable bonds is 8. The molecule has 0 spiro atoms. The van der Waals surface area contributed by atoms with E-state index in [1.54, 1.807) is 12.1 Å². The van der Waals surface area contributed by atoms with Gasteiger partial charge in [0.15, 0.2) is 0 Å². The van der Waals surface area contributed by atoms with E-state index in [-0.39, 0.29) is 24.3 Å². The van der Waals surface area contributed by atoms with Crippen LogP contribution in [0, 0.1) is 0 Å². The van der Waals surface area contributed by atoms with Crippen molar-refractivity contribution in [3.63, 3.8) is 0 Å². The molecular weight excluding hydrogens is 352 g/mol. The van der Waals surface area contributed by atoms with Gasteiger partial charge in [-0.3, -0.25) is 9.69 Å². The minimum absolute atomic E-state index is 0.0642. The van der Waals surface area contributed by atoms with E-state index in [9.17, 15) is 9.90 Å². The first-order valence-electron chi connectivity index (χ1n) is 10.0. The van der Waals surface area contributed by atoms with E-state index < -0.39 is 0 Å². The number of hydrogen-bond acceptors (Lipinski definition) is 4. The highest BCUT2D eigenvalue weighted by Crippen LogP contribution is 2.21. The summed E-state index contributed by atoms with van der Waals surface area (Å²) < 4.78 is 5.75. The summed E-state index contributed by atoms with van der Waals surface area (Å²) in [5.41, 5.74) is 2.86. The van der Waals surface area contributed by atoms with Crippen LogP contribution in [0.15, 0.2) is 48.5 Å². The molecule has 2 aromatic rings. The normalized spacial score (nSPS) is 16.6. The molecule has 1 saturated heterocycles. The van der Waals surface area contributed by atoms with Crippen molar-refractivity contribution in [2.75, 3.05) is 25.0 Å². The SMILES string of the molecule is CC(C)c1ccc(NC(=O)CN(Cc2ccccc2O)CC2CCCO2)cc1. The fraction of sp³-hybridized carbons (Fsp3) is 0.435. The summed E-state index contributed by atoms with van der Waals surface area (Å²) in [6.07, 6.45) is 2.21. The molecule has 150 valence electrons. The second-order valence-electron chi connectivity index (χ2n) is 7.76. The average Bonchev–Trinajstić information content (AvgIpc) is 3.17. The predicted octanol–water partition coefficient (Wildman–Crippen LogP) is 4.14. The number of carbonyl (C=O) groups excluding carboxylic acids is 1. The van der Waals surface area contributed by atoms with E-state index in [2.05, 4.69) is 19.2 Å². The van der Waals surface area contributed by atoms with Gasteiger partial charge >= 0.3 is 0 Å². The smallest absolute Gasteiger partial charge is 0.238 e. The molecule has 0 radical (unpaired) electrons. The Labute approximate surface area is 167 Å². The number of nitrogens with zero attached hydrogens (tertiary/aromatic N) is 1. The number of phenols is 1. The van der Waals surface area contributed by atoms with Gasteiger partial charge in [0.2, 0.25) is 5.91 Å². The minimum atomic E-state index is -0.0642. The Morgan fingerprint density at radius 3 is 2.61 bits per heavy atom. The fourth-order valence-electron chi connectivity index (χ4n) is 3.50. The van der Waals surface area contributed by atoms with Crippen LogP contribution in [0.2, 0.25) is 0 Å². The lowest BCUT2D eigenvalue weighted by Crippen LogP contribution is -2.38. The van der Waals surface area contributed by atoms with Crippen LogP contribution in [-0.4, -0.2) is 41.7 Å². The van der Waals surface area contributed by atoms with Crippen molar-refractivity contribution in [1.82, 2.24) is 4.90 Å². The molecule has 5 nitrogen and oxygen atoms in total. The molecule has 1 atom stereocenters. The number of para-hydroxylation sites is 1. The van der Waals surface area contributed by atoms with E-state index in [0.717, 1.165) is 30.7 Å². The molecule has 0 aliphatic carbocycles. The molecule has 1 amide bonds. The number of phenolic OH excluding ortho intramolecular Hbond substituents is 1. The molecule has 0 bridgehead atoms. The molecule has 5 heteroatoms. The van der Waals surface area contributed by atoms with Gasteiger partial charge in [0, 0.05) is 30.9 Å². The maximum absolute atomic E-state index is 12.6. The van der Waals surface area contributed by atoms with Crippen molar-refractivity contribution in [3.05, 3.63) is 59.7 Å². The van der Waals surface area contributed by atoms with Crippen molar-refractivity contribution in [1.29, 1.82) is 0 Å². The number of benzene rings is 2. The van der Waals surface area contributed by atoms with Crippen LogP contribution >= 0.6 is 0 Å². The summed E-state index contributed by atoms with van der Waals surface area (Å²) in [7, 11) is 0. The standard InChI is InChI=1S/C23H30N2O3/c1-17(2)18-9-11-20(12-10-18)24-23(27)16-25(15-21-7-5-13-28-21)14-19-6-3-4-8-22(19)26/h3-4,6,8-12,17,21,26H,5,7,13-16H2,1-2H3,(H,24,27). The quantitative estimate of drug-likeness (QED) is 0.720. The Hall–Kier alpha value is -2.37. The summed E-state index contributed by atoms with van der Waals surface area (Å²) >= 11 is 0.